The average Bonchev–Trinajstić information content (AvgIpc) is 3.32. The quantitative estimate of drug-likeness (QED) is 0.540. The molecule has 11 heteroatoms. The van der Waals surface area contributed by atoms with Crippen LogP contribution < -0.4 is 4.90 Å². The van der Waals surface area contributed by atoms with Crippen LogP contribution in [0, 0.1) is 0 Å². The summed E-state index contributed by atoms with van der Waals surface area (Å²) in [7, 11) is 0. The minimum atomic E-state index is -1.07. The molecule has 1 saturated heterocycles. The molecule has 0 aromatic carbocycles. The first-order valence-corrected chi connectivity index (χ1v) is 9.84. The minimum Gasteiger partial charge on any atom is -0.489 e. The fourth-order valence-corrected chi connectivity index (χ4v) is 3.61. The molecular weight excluding hydrogens is 425 g/mol. The van der Waals surface area contributed by atoms with Crippen LogP contribution in [0.4, 0.5) is 9.52 Å². The van der Waals surface area contributed by atoms with Gasteiger partial charge in [-0.1, -0.05) is 17.4 Å². The number of halogens is 2. The number of rotatable bonds is 6. The molecular formula is C15H19BrFN7OS. The van der Waals surface area contributed by atoms with Crippen molar-refractivity contribution in [3.63, 3.8) is 0 Å². The largest absolute Gasteiger partial charge is 0.489 e. The highest BCUT2D eigenvalue weighted by Gasteiger charge is 2.25. The van der Waals surface area contributed by atoms with Crippen molar-refractivity contribution in [3.8, 4) is 10.8 Å². The first-order valence-electron chi connectivity index (χ1n) is 8.23. The zero-order valence-corrected chi connectivity index (χ0v) is 16.8. The van der Waals surface area contributed by atoms with E-state index in [1.165, 1.54) is 24.3 Å². The van der Waals surface area contributed by atoms with E-state index in [0.717, 1.165) is 35.5 Å². The molecule has 0 aliphatic carbocycles. The molecule has 1 fully saturated rings. The van der Waals surface area contributed by atoms with Crippen LogP contribution in [0.2, 0.25) is 0 Å². The van der Waals surface area contributed by atoms with Gasteiger partial charge in [0.25, 0.3) is 0 Å². The van der Waals surface area contributed by atoms with E-state index in [0.29, 0.717) is 16.6 Å². The second kappa shape index (κ2) is 8.67. The topological polar surface area (TPSA) is 92.7 Å². The lowest BCUT2D eigenvalue weighted by molar-refractivity contribution is 0.0993. The van der Waals surface area contributed by atoms with Crippen molar-refractivity contribution in [2.45, 2.75) is 39.0 Å². The second-order valence-corrected chi connectivity index (χ2v) is 7.58. The molecule has 0 bridgehead atoms. The molecule has 0 amide bonds. The molecule has 2 aromatic rings. The van der Waals surface area contributed by atoms with Crippen molar-refractivity contribution in [2.75, 3.05) is 18.0 Å². The molecule has 0 spiro atoms. The number of aromatic nitrogens is 6. The number of anilines is 1. The molecule has 3 heterocycles. The number of aromatic amines is 1. The summed E-state index contributed by atoms with van der Waals surface area (Å²) in [6, 6.07) is 0. The van der Waals surface area contributed by atoms with E-state index in [9.17, 15) is 4.39 Å². The van der Waals surface area contributed by atoms with E-state index < -0.39 is 6.17 Å². The SMILES string of the molecule is CC=C(Br)C(=CC(C)F)OC1CCN(c2nnc(-c3nn[nH]n3)s2)CC1. The summed E-state index contributed by atoms with van der Waals surface area (Å²) in [6.07, 6.45) is 3.94. The van der Waals surface area contributed by atoms with Crippen LogP contribution >= 0.6 is 27.3 Å². The number of ether oxygens (including phenoxy) is 1. The molecule has 1 aliphatic rings. The van der Waals surface area contributed by atoms with Crippen LogP contribution in [0.25, 0.3) is 10.8 Å². The van der Waals surface area contributed by atoms with Gasteiger partial charge in [-0.15, -0.1) is 20.4 Å². The van der Waals surface area contributed by atoms with Gasteiger partial charge in [0.1, 0.15) is 18.0 Å². The lowest BCUT2D eigenvalue weighted by atomic mass is 10.1. The number of nitrogens with one attached hydrogen (secondary N) is 1. The smallest absolute Gasteiger partial charge is 0.235 e. The summed E-state index contributed by atoms with van der Waals surface area (Å²) >= 11 is 4.85. The van der Waals surface area contributed by atoms with Gasteiger partial charge < -0.3 is 9.64 Å². The number of allylic oxidation sites excluding steroid dienone is 3. The van der Waals surface area contributed by atoms with E-state index in [1.807, 2.05) is 13.0 Å². The molecule has 1 aliphatic heterocycles. The summed E-state index contributed by atoms with van der Waals surface area (Å²) in [5, 5.41) is 23.6. The molecule has 0 radical (unpaired) electrons. The Morgan fingerprint density at radius 1 is 1.38 bits per heavy atom. The summed E-state index contributed by atoms with van der Waals surface area (Å²) in [4.78, 5) is 2.16. The zero-order valence-electron chi connectivity index (χ0n) is 14.4. The number of hydrogen-bond donors (Lipinski definition) is 1. The maximum atomic E-state index is 13.4. The van der Waals surface area contributed by atoms with Crippen molar-refractivity contribution >= 4 is 32.4 Å². The highest BCUT2D eigenvalue weighted by molar-refractivity contribution is 9.11. The molecule has 8 nitrogen and oxygen atoms in total. The maximum absolute atomic E-state index is 13.4. The lowest BCUT2D eigenvalue weighted by Gasteiger charge is -2.32. The number of H-pyrrole nitrogens is 1. The monoisotopic (exact) mass is 443 g/mol. The van der Waals surface area contributed by atoms with Crippen LogP contribution in [0.1, 0.15) is 26.7 Å². The Balaban J connectivity index is 1.59. The first-order chi connectivity index (χ1) is 12.6. The zero-order chi connectivity index (χ0) is 18.5. The van der Waals surface area contributed by atoms with Crippen LogP contribution in [0.15, 0.2) is 22.4 Å². The Morgan fingerprint density at radius 3 is 2.77 bits per heavy atom. The number of alkyl halides is 1. The highest BCUT2D eigenvalue weighted by atomic mass is 79.9. The number of tetrazole rings is 1. The van der Waals surface area contributed by atoms with Crippen molar-refractivity contribution in [1.29, 1.82) is 0 Å². The molecule has 2 aromatic heterocycles. The fraction of sp³-hybridized carbons (Fsp3) is 0.533. The third-order valence-electron chi connectivity index (χ3n) is 3.83. The lowest BCUT2D eigenvalue weighted by Crippen LogP contribution is -2.37. The Morgan fingerprint density at radius 2 is 2.15 bits per heavy atom. The normalized spacial score (nSPS) is 18.2. The van der Waals surface area contributed by atoms with Gasteiger partial charge in [-0.2, -0.15) is 5.21 Å². The first kappa shape index (κ1) is 18.9. The van der Waals surface area contributed by atoms with Crippen LogP contribution in [0.5, 0.6) is 0 Å². The maximum Gasteiger partial charge on any atom is 0.235 e. The Labute approximate surface area is 162 Å². The number of piperidine rings is 1. The van der Waals surface area contributed by atoms with Gasteiger partial charge in [0.15, 0.2) is 5.01 Å². The summed E-state index contributed by atoms with van der Waals surface area (Å²) in [5.41, 5.74) is 0. The minimum absolute atomic E-state index is 0.0355. The predicted molar refractivity (Wildman–Crippen MR) is 101 cm³/mol. The Hall–Kier alpha value is -1.88. The molecule has 3 rings (SSSR count). The van der Waals surface area contributed by atoms with E-state index in [1.54, 1.807) is 0 Å². The van der Waals surface area contributed by atoms with E-state index >= 15 is 0 Å². The predicted octanol–water partition coefficient (Wildman–Crippen LogP) is 3.24. The van der Waals surface area contributed by atoms with Gasteiger partial charge >= 0.3 is 0 Å². The van der Waals surface area contributed by atoms with Crippen molar-refractivity contribution in [1.82, 2.24) is 30.8 Å². The molecule has 26 heavy (non-hydrogen) atoms. The number of hydrogen-bond acceptors (Lipinski definition) is 8. The van der Waals surface area contributed by atoms with Gasteiger partial charge in [-0.3, -0.25) is 0 Å². The summed E-state index contributed by atoms with van der Waals surface area (Å²) in [5.74, 6) is 0.995. The highest BCUT2D eigenvalue weighted by Crippen LogP contribution is 2.30. The second-order valence-electron chi connectivity index (χ2n) is 5.77. The average molecular weight is 444 g/mol. The van der Waals surface area contributed by atoms with Gasteiger partial charge in [-0.05, 0) is 41.1 Å². The third-order valence-corrected chi connectivity index (χ3v) is 5.66. The molecule has 140 valence electrons. The van der Waals surface area contributed by atoms with E-state index in [-0.39, 0.29) is 6.10 Å². The Bertz CT molecular complexity index is 769. The Kier molecular flexibility index (Phi) is 6.30. The van der Waals surface area contributed by atoms with Gasteiger partial charge in [0, 0.05) is 25.9 Å². The van der Waals surface area contributed by atoms with Gasteiger partial charge in [0.05, 0.1) is 4.48 Å². The van der Waals surface area contributed by atoms with E-state index in [2.05, 4.69) is 51.7 Å². The van der Waals surface area contributed by atoms with Gasteiger partial charge in [0.2, 0.25) is 11.0 Å². The molecule has 1 unspecified atom stereocenters. The van der Waals surface area contributed by atoms with Crippen molar-refractivity contribution in [2.24, 2.45) is 0 Å². The fourth-order valence-electron chi connectivity index (χ4n) is 2.56. The van der Waals surface area contributed by atoms with Crippen LogP contribution in [-0.4, -0.2) is 56.2 Å². The van der Waals surface area contributed by atoms with Crippen molar-refractivity contribution < 1.29 is 9.13 Å². The van der Waals surface area contributed by atoms with E-state index in [4.69, 9.17) is 4.74 Å². The molecule has 1 atom stereocenters. The number of nitrogens with zero attached hydrogens (tertiary/aromatic N) is 6. The van der Waals surface area contributed by atoms with Crippen LogP contribution in [0.3, 0.4) is 0 Å². The summed E-state index contributed by atoms with van der Waals surface area (Å²) < 4.78 is 20.1. The standard InChI is InChI=1S/C15H19BrFN7OS/c1-3-11(16)12(8-9(2)17)25-10-4-6-24(7-5-10)15-21-20-14(26-15)13-18-22-23-19-13/h3,8-10H,4-7H2,1-2H3,(H,18,19,22,23). The van der Waals surface area contributed by atoms with Gasteiger partial charge in [-0.25, -0.2) is 4.39 Å². The summed E-state index contributed by atoms with van der Waals surface area (Å²) in [6.45, 7) is 4.94. The molecule has 1 N–H and O–H groups in total. The van der Waals surface area contributed by atoms with Crippen LogP contribution in [-0.2, 0) is 4.74 Å². The van der Waals surface area contributed by atoms with Crippen molar-refractivity contribution in [3.05, 3.63) is 22.4 Å². The third kappa shape index (κ3) is 4.64. The molecule has 0 saturated carbocycles.